The maximum atomic E-state index is 13.7. The molecule has 242 valence electrons. The first kappa shape index (κ1) is 32.5. The van der Waals surface area contributed by atoms with E-state index in [4.69, 9.17) is 9.47 Å². The lowest BCUT2D eigenvalue weighted by atomic mass is 9.88. The predicted octanol–water partition coefficient (Wildman–Crippen LogP) is 5.87. The molecule has 1 aliphatic carbocycles. The van der Waals surface area contributed by atoms with Gasteiger partial charge in [-0.05, 0) is 80.8 Å². The summed E-state index contributed by atoms with van der Waals surface area (Å²) >= 11 is 0. The number of likely N-dealkylation sites (tertiary alicyclic amines) is 1. The summed E-state index contributed by atoms with van der Waals surface area (Å²) in [7, 11) is 4.84. The topological polar surface area (TPSA) is 79.8 Å². The molecule has 0 bridgehead atoms. The molecular weight excluding hydrogens is 583 g/mol. The third kappa shape index (κ3) is 8.05. The van der Waals surface area contributed by atoms with Crippen molar-refractivity contribution in [3.8, 4) is 17.6 Å². The number of aromatic nitrogens is 1. The highest BCUT2D eigenvalue weighted by Crippen LogP contribution is 2.33. The molecule has 1 aliphatic heterocycles. The average molecular weight is 626 g/mol. The van der Waals surface area contributed by atoms with Crippen LogP contribution in [-0.2, 0) is 11.3 Å². The number of alkyl halides is 3. The van der Waals surface area contributed by atoms with Gasteiger partial charge < -0.3 is 34.9 Å². The van der Waals surface area contributed by atoms with Gasteiger partial charge in [-0.15, -0.1) is 0 Å². The molecule has 0 spiro atoms. The Morgan fingerprint density at radius 1 is 1.00 bits per heavy atom. The highest BCUT2D eigenvalue weighted by molar-refractivity contribution is 5.95. The Labute approximate surface area is 262 Å². The van der Waals surface area contributed by atoms with Gasteiger partial charge in [0.1, 0.15) is 12.3 Å². The van der Waals surface area contributed by atoms with Crippen molar-refractivity contribution in [1.82, 2.24) is 14.8 Å². The van der Waals surface area contributed by atoms with Crippen LogP contribution in [0.2, 0.25) is 0 Å². The molecule has 1 saturated heterocycles. The number of benzene rings is 2. The van der Waals surface area contributed by atoms with Gasteiger partial charge in [0.25, 0.3) is 5.91 Å². The smallest absolute Gasteiger partial charge is 0.406 e. The molecule has 3 N–H and O–H groups in total. The second-order valence-corrected chi connectivity index (χ2v) is 11.7. The lowest BCUT2D eigenvalue weighted by Crippen LogP contribution is -2.45. The second kappa shape index (κ2) is 14.5. The molecule has 8 nitrogen and oxygen atoms in total. The Balaban J connectivity index is 1.29. The Kier molecular flexibility index (Phi) is 10.5. The normalized spacial score (nSPS) is 19.5. The minimum atomic E-state index is -4.40. The molecule has 2 fully saturated rings. The largest absolute Gasteiger partial charge is 0.495 e. The maximum absolute atomic E-state index is 13.7. The van der Waals surface area contributed by atoms with Gasteiger partial charge in [-0.1, -0.05) is 12.0 Å². The number of nitrogens with one attached hydrogen (secondary N) is 3. The van der Waals surface area contributed by atoms with Gasteiger partial charge in [0.15, 0.2) is 0 Å². The van der Waals surface area contributed by atoms with E-state index in [0.29, 0.717) is 40.4 Å². The van der Waals surface area contributed by atoms with E-state index >= 15 is 0 Å². The van der Waals surface area contributed by atoms with E-state index in [9.17, 15) is 18.0 Å². The number of hydrogen-bond acceptors (Lipinski definition) is 6. The zero-order chi connectivity index (χ0) is 32.0. The van der Waals surface area contributed by atoms with E-state index in [1.807, 2.05) is 6.07 Å². The van der Waals surface area contributed by atoms with Crippen LogP contribution in [0.3, 0.4) is 0 Å². The Hall–Kier alpha value is -3.88. The fourth-order valence-electron chi connectivity index (χ4n) is 6.54. The fourth-order valence-corrected chi connectivity index (χ4v) is 6.54. The van der Waals surface area contributed by atoms with Gasteiger partial charge in [0.05, 0.1) is 36.7 Å². The van der Waals surface area contributed by atoms with Gasteiger partial charge in [-0.25, -0.2) is 0 Å². The standard InChI is InChI=1S/C34H42F3N5O3/c1-38-33(43)23-9-14-30(32(20-23)45-3)39-17-5-6-26-21-28-29(7-4-8-31(28)42(26)22-34(35,36)37)40-24-10-12-25(13-11-24)41-18-15-27(44-2)16-19-41/h4,7-9,14,20-21,24-25,27,39-40H,10-13,15-19,22H2,1-3H3,(H,38,43)/t24-,25+. The van der Waals surface area contributed by atoms with Crippen LogP contribution in [0.1, 0.15) is 54.6 Å². The van der Waals surface area contributed by atoms with E-state index in [-0.39, 0.29) is 18.5 Å². The predicted molar refractivity (Wildman–Crippen MR) is 171 cm³/mol. The van der Waals surface area contributed by atoms with Crippen LogP contribution in [0.5, 0.6) is 5.75 Å². The number of ether oxygens (including phenoxy) is 2. The number of nitrogens with zero attached hydrogens (tertiary/aromatic N) is 2. The van der Waals surface area contributed by atoms with Gasteiger partial charge in [0.2, 0.25) is 0 Å². The summed E-state index contributed by atoms with van der Waals surface area (Å²) in [4.78, 5) is 14.5. The number of halogens is 3. The van der Waals surface area contributed by atoms with Crippen LogP contribution >= 0.6 is 0 Å². The van der Waals surface area contributed by atoms with E-state index in [1.54, 1.807) is 50.6 Å². The minimum absolute atomic E-state index is 0.167. The SMILES string of the molecule is CNC(=O)c1ccc(NCC#Cc2cc3c(N[C@H]4CC[C@@H](N5CCC(OC)CC5)CC4)cccc3n2CC(F)(F)F)c(OC)c1. The lowest BCUT2D eigenvalue weighted by Gasteiger charge is -2.40. The highest BCUT2D eigenvalue weighted by Gasteiger charge is 2.31. The Bertz CT molecular complexity index is 1530. The van der Waals surface area contributed by atoms with Crippen molar-refractivity contribution in [2.24, 2.45) is 0 Å². The van der Waals surface area contributed by atoms with E-state index < -0.39 is 12.7 Å². The molecule has 2 heterocycles. The number of piperidine rings is 1. The van der Waals surface area contributed by atoms with Gasteiger partial charge in [-0.3, -0.25) is 4.79 Å². The molecule has 5 rings (SSSR count). The first-order chi connectivity index (χ1) is 21.7. The van der Waals surface area contributed by atoms with Gasteiger partial charge >= 0.3 is 6.18 Å². The van der Waals surface area contributed by atoms with E-state index in [0.717, 1.165) is 62.7 Å². The first-order valence-electron chi connectivity index (χ1n) is 15.5. The molecular formula is C34H42F3N5O3. The molecule has 1 amide bonds. The third-order valence-electron chi connectivity index (χ3n) is 8.94. The van der Waals surface area contributed by atoms with E-state index in [2.05, 4.69) is 32.7 Å². The summed E-state index contributed by atoms with van der Waals surface area (Å²) in [6, 6.07) is 13.0. The van der Waals surface area contributed by atoms with Crippen LogP contribution in [0.15, 0.2) is 42.5 Å². The summed E-state index contributed by atoms with van der Waals surface area (Å²) in [5.41, 5.74) is 2.69. The molecule has 0 unspecified atom stereocenters. The average Bonchev–Trinajstić information content (AvgIpc) is 3.39. The molecule has 2 aliphatic rings. The van der Waals surface area contributed by atoms with Gasteiger partial charge in [0, 0.05) is 56.0 Å². The number of hydrogen-bond donors (Lipinski definition) is 3. The number of carbonyl (C=O) groups is 1. The molecule has 11 heteroatoms. The van der Waals surface area contributed by atoms with Gasteiger partial charge in [-0.2, -0.15) is 13.2 Å². The molecule has 1 saturated carbocycles. The summed E-state index contributed by atoms with van der Waals surface area (Å²) in [5.74, 6) is 6.14. The Morgan fingerprint density at radius 2 is 1.76 bits per heavy atom. The second-order valence-electron chi connectivity index (χ2n) is 11.7. The third-order valence-corrected chi connectivity index (χ3v) is 8.94. The zero-order valence-electron chi connectivity index (χ0n) is 26.1. The number of rotatable bonds is 9. The van der Waals surface area contributed by atoms with Crippen molar-refractivity contribution < 1.29 is 27.4 Å². The van der Waals surface area contributed by atoms with Crippen molar-refractivity contribution in [2.45, 2.75) is 69.4 Å². The molecule has 1 aromatic heterocycles. The van der Waals surface area contributed by atoms with Crippen molar-refractivity contribution in [1.29, 1.82) is 0 Å². The maximum Gasteiger partial charge on any atom is 0.406 e. The number of amides is 1. The fraction of sp³-hybridized carbons (Fsp3) is 0.500. The number of carbonyl (C=O) groups excluding carboxylic acids is 1. The number of methoxy groups -OCH3 is 2. The molecule has 0 radical (unpaired) electrons. The molecule has 0 atom stereocenters. The quantitative estimate of drug-likeness (QED) is 0.258. The van der Waals surface area contributed by atoms with Crippen LogP contribution in [0.25, 0.3) is 10.9 Å². The number of anilines is 2. The van der Waals surface area contributed by atoms with Crippen molar-refractivity contribution in [3.63, 3.8) is 0 Å². The highest BCUT2D eigenvalue weighted by atomic mass is 19.4. The molecule has 3 aromatic rings. The van der Waals surface area contributed by atoms with Crippen LogP contribution in [-0.4, -0.2) is 80.6 Å². The monoisotopic (exact) mass is 625 g/mol. The summed E-state index contributed by atoms with van der Waals surface area (Å²) in [5, 5.41) is 10.1. The zero-order valence-corrected chi connectivity index (χ0v) is 26.1. The lowest BCUT2D eigenvalue weighted by molar-refractivity contribution is -0.140. The van der Waals surface area contributed by atoms with Crippen molar-refractivity contribution in [3.05, 3.63) is 53.7 Å². The summed E-state index contributed by atoms with van der Waals surface area (Å²) in [6.45, 7) is 1.19. The van der Waals surface area contributed by atoms with Crippen LogP contribution in [0, 0.1) is 11.8 Å². The minimum Gasteiger partial charge on any atom is -0.495 e. The van der Waals surface area contributed by atoms with E-state index in [1.165, 1.54) is 11.7 Å². The molecule has 45 heavy (non-hydrogen) atoms. The number of fused-ring (bicyclic) bond motifs is 1. The Morgan fingerprint density at radius 3 is 2.42 bits per heavy atom. The summed E-state index contributed by atoms with van der Waals surface area (Å²) < 4.78 is 53.2. The summed E-state index contributed by atoms with van der Waals surface area (Å²) in [6.07, 6.45) is 2.35. The molecule has 2 aromatic carbocycles. The van der Waals surface area contributed by atoms with Crippen molar-refractivity contribution >= 4 is 28.2 Å². The first-order valence-corrected chi connectivity index (χ1v) is 15.5. The van der Waals surface area contributed by atoms with Crippen LogP contribution < -0.4 is 20.7 Å². The van der Waals surface area contributed by atoms with Crippen LogP contribution in [0.4, 0.5) is 24.5 Å². The van der Waals surface area contributed by atoms with Crippen molar-refractivity contribution in [2.75, 3.05) is 51.5 Å².